The first-order chi connectivity index (χ1) is 16.0. The van der Waals surface area contributed by atoms with Crippen LogP contribution in [0.1, 0.15) is 49.8 Å². The zero-order valence-corrected chi connectivity index (χ0v) is 19.6. The van der Waals surface area contributed by atoms with Gasteiger partial charge in [-0.3, -0.25) is 0 Å². The average molecular weight is 453 g/mol. The molecule has 1 aliphatic carbocycles. The Hall–Kier alpha value is -2.67. The first kappa shape index (κ1) is 22.1. The van der Waals surface area contributed by atoms with E-state index in [1.165, 1.54) is 6.07 Å². The lowest BCUT2D eigenvalue weighted by molar-refractivity contribution is 0.122. The van der Waals surface area contributed by atoms with Gasteiger partial charge in [-0.05, 0) is 73.1 Å². The highest BCUT2D eigenvalue weighted by atomic mass is 19.1. The number of ether oxygens (including phenoxy) is 1. The van der Waals surface area contributed by atoms with Gasteiger partial charge in [-0.25, -0.2) is 14.2 Å². The van der Waals surface area contributed by atoms with Gasteiger partial charge in [-0.2, -0.15) is 0 Å². The van der Waals surface area contributed by atoms with E-state index in [1.54, 1.807) is 11.0 Å². The minimum Gasteiger partial charge on any atom is -0.378 e. The van der Waals surface area contributed by atoms with Crippen LogP contribution in [-0.4, -0.2) is 55.3 Å². The molecule has 2 aromatic rings. The molecular weight excluding hydrogens is 419 g/mol. The Bertz CT molecular complexity index is 1030. The van der Waals surface area contributed by atoms with Crippen molar-refractivity contribution in [3.05, 3.63) is 41.3 Å². The smallest absolute Gasteiger partial charge is 0.321 e. The fourth-order valence-electron chi connectivity index (χ4n) is 4.86. The molecule has 7 heteroatoms. The van der Waals surface area contributed by atoms with Crippen LogP contribution in [-0.2, 0) is 4.74 Å². The Kier molecular flexibility index (Phi) is 6.23. The zero-order valence-electron chi connectivity index (χ0n) is 19.6. The van der Waals surface area contributed by atoms with E-state index in [1.807, 2.05) is 6.92 Å². The van der Waals surface area contributed by atoms with E-state index < -0.39 is 5.82 Å². The molecule has 5 rings (SSSR count). The van der Waals surface area contributed by atoms with Crippen molar-refractivity contribution >= 4 is 17.5 Å². The first-order valence-corrected chi connectivity index (χ1v) is 12.2. The number of nitrogens with one attached hydrogen (secondary N) is 1. The topological polar surface area (TPSA) is 57.7 Å². The van der Waals surface area contributed by atoms with Crippen molar-refractivity contribution in [3.63, 3.8) is 0 Å². The van der Waals surface area contributed by atoms with Crippen LogP contribution in [0.4, 0.5) is 20.7 Å². The second kappa shape index (κ2) is 9.29. The molecule has 2 amide bonds. The molecule has 0 radical (unpaired) electrons. The number of amides is 2. The van der Waals surface area contributed by atoms with Gasteiger partial charge in [-0.1, -0.05) is 13.3 Å². The molecule has 3 fully saturated rings. The largest absolute Gasteiger partial charge is 0.378 e. The van der Waals surface area contributed by atoms with Crippen molar-refractivity contribution in [1.29, 1.82) is 0 Å². The molecule has 3 aliphatic rings. The number of hydrogen-bond acceptors (Lipinski definition) is 4. The molecule has 33 heavy (non-hydrogen) atoms. The summed E-state index contributed by atoms with van der Waals surface area (Å²) in [6, 6.07) is 7.32. The maximum atomic E-state index is 14.9. The summed E-state index contributed by atoms with van der Waals surface area (Å²) < 4.78 is 20.4. The Labute approximate surface area is 195 Å². The van der Waals surface area contributed by atoms with Gasteiger partial charge >= 0.3 is 6.03 Å². The number of halogens is 1. The summed E-state index contributed by atoms with van der Waals surface area (Å²) in [5.41, 5.74) is 4.13. The number of nitrogens with zero attached hydrogens (tertiary/aromatic N) is 3. The van der Waals surface area contributed by atoms with Gasteiger partial charge in [0.1, 0.15) is 11.6 Å². The van der Waals surface area contributed by atoms with Crippen LogP contribution in [0.2, 0.25) is 0 Å². The zero-order chi connectivity index (χ0) is 22.9. The number of likely N-dealkylation sites (tertiary alicyclic amines) is 1. The number of carbonyl (C=O) groups is 1. The van der Waals surface area contributed by atoms with Gasteiger partial charge in [0.05, 0.1) is 18.9 Å². The van der Waals surface area contributed by atoms with Crippen LogP contribution in [0.15, 0.2) is 24.3 Å². The highest BCUT2D eigenvalue weighted by Crippen LogP contribution is 2.42. The number of benzene rings is 1. The molecule has 1 atom stereocenters. The average Bonchev–Trinajstić information content (AvgIpc) is 3.57. The minimum atomic E-state index is -0.402. The summed E-state index contributed by atoms with van der Waals surface area (Å²) in [4.78, 5) is 21.8. The molecule has 2 saturated heterocycles. The van der Waals surface area contributed by atoms with Crippen molar-refractivity contribution in [2.45, 2.75) is 45.4 Å². The number of pyridine rings is 1. The molecular formula is C26H33FN4O2. The third-order valence-electron chi connectivity index (χ3n) is 7.18. The van der Waals surface area contributed by atoms with E-state index in [-0.39, 0.29) is 11.7 Å². The van der Waals surface area contributed by atoms with Gasteiger partial charge in [0.15, 0.2) is 0 Å². The third kappa shape index (κ3) is 4.83. The maximum Gasteiger partial charge on any atom is 0.321 e. The van der Waals surface area contributed by atoms with E-state index in [9.17, 15) is 9.18 Å². The number of morpholine rings is 1. The Morgan fingerprint density at radius 2 is 1.94 bits per heavy atom. The normalized spacial score (nSPS) is 20.9. The lowest BCUT2D eigenvalue weighted by atomic mass is 9.98. The predicted octanol–water partition coefficient (Wildman–Crippen LogP) is 5.17. The van der Waals surface area contributed by atoms with Crippen molar-refractivity contribution in [2.75, 3.05) is 49.6 Å². The molecule has 6 nitrogen and oxygen atoms in total. The molecule has 1 aromatic heterocycles. The minimum absolute atomic E-state index is 0.220. The standard InChI is InChI=1S/C26H33FN4O2/c1-3-18-6-7-31(16-18)26(32)29-24-15-21(17(2)12-22(24)27)20-13-23(19-4-5-19)28-25(14-20)30-8-10-33-11-9-30/h12-15,18-19H,3-11,16H2,1-2H3,(H,29,32)/t18-/m1/s1. The fourth-order valence-corrected chi connectivity index (χ4v) is 4.86. The van der Waals surface area contributed by atoms with Crippen LogP contribution in [0.5, 0.6) is 0 Å². The Morgan fingerprint density at radius 3 is 2.64 bits per heavy atom. The van der Waals surface area contributed by atoms with Gasteiger partial charge in [0, 0.05) is 37.8 Å². The number of carbonyl (C=O) groups excluding carboxylic acids is 1. The number of aryl methyl sites for hydroxylation is 1. The second-order valence-electron chi connectivity index (χ2n) is 9.60. The second-order valence-corrected chi connectivity index (χ2v) is 9.60. The lowest BCUT2D eigenvalue weighted by Gasteiger charge is -2.28. The van der Waals surface area contributed by atoms with E-state index >= 15 is 0 Å². The van der Waals surface area contributed by atoms with Crippen molar-refractivity contribution in [1.82, 2.24) is 9.88 Å². The Balaban J connectivity index is 1.45. The van der Waals surface area contributed by atoms with Gasteiger partial charge < -0.3 is 19.9 Å². The van der Waals surface area contributed by atoms with Crippen LogP contribution < -0.4 is 10.2 Å². The van der Waals surface area contributed by atoms with E-state index in [2.05, 4.69) is 29.3 Å². The molecule has 2 aliphatic heterocycles. The van der Waals surface area contributed by atoms with Gasteiger partial charge in [0.2, 0.25) is 0 Å². The molecule has 3 heterocycles. The summed E-state index contributed by atoms with van der Waals surface area (Å²) in [6.45, 7) is 8.56. The number of hydrogen-bond donors (Lipinski definition) is 1. The van der Waals surface area contributed by atoms with Crippen LogP contribution in [0, 0.1) is 18.7 Å². The maximum absolute atomic E-state index is 14.9. The molecule has 1 saturated carbocycles. The third-order valence-corrected chi connectivity index (χ3v) is 7.18. The highest BCUT2D eigenvalue weighted by molar-refractivity contribution is 5.91. The molecule has 1 aromatic carbocycles. The van der Waals surface area contributed by atoms with E-state index in [0.29, 0.717) is 25.0 Å². The summed E-state index contributed by atoms with van der Waals surface area (Å²) in [7, 11) is 0. The number of anilines is 2. The molecule has 0 spiro atoms. The van der Waals surface area contributed by atoms with Crippen LogP contribution >= 0.6 is 0 Å². The molecule has 176 valence electrons. The van der Waals surface area contributed by atoms with Crippen LogP contribution in [0.25, 0.3) is 11.1 Å². The van der Waals surface area contributed by atoms with Gasteiger partial charge in [0.25, 0.3) is 0 Å². The molecule has 1 N–H and O–H groups in total. The SMILES string of the molecule is CC[C@@H]1CCN(C(=O)Nc2cc(-c3cc(C4CC4)nc(N4CCOCC4)c3)c(C)cc2F)C1. The van der Waals surface area contributed by atoms with Crippen molar-refractivity contribution in [2.24, 2.45) is 5.92 Å². The lowest BCUT2D eigenvalue weighted by Crippen LogP contribution is -2.36. The monoisotopic (exact) mass is 452 g/mol. The number of urea groups is 1. The van der Waals surface area contributed by atoms with E-state index in [0.717, 1.165) is 80.1 Å². The molecule has 0 unspecified atom stereocenters. The highest BCUT2D eigenvalue weighted by Gasteiger charge is 2.28. The molecule has 0 bridgehead atoms. The van der Waals surface area contributed by atoms with Crippen molar-refractivity contribution in [3.8, 4) is 11.1 Å². The first-order valence-electron chi connectivity index (χ1n) is 12.2. The predicted molar refractivity (Wildman–Crippen MR) is 128 cm³/mol. The quantitative estimate of drug-likeness (QED) is 0.680. The summed E-state index contributed by atoms with van der Waals surface area (Å²) in [5.74, 6) is 1.59. The number of rotatable bonds is 5. The van der Waals surface area contributed by atoms with Gasteiger partial charge in [-0.15, -0.1) is 0 Å². The summed E-state index contributed by atoms with van der Waals surface area (Å²) in [5, 5.41) is 2.83. The Morgan fingerprint density at radius 1 is 1.15 bits per heavy atom. The summed E-state index contributed by atoms with van der Waals surface area (Å²) in [6.07, 6.45) is 4.40. The van der Waals surface area contributed by atoms with E-state index in [4.69, 9.17) is 9.72 Å². The number of aromatic nitrogens is 1. The van der Waals surface area contributed by atoms with Crippen LogP contribution in [0.3, 0.4) is 0 Å². The summed E-state index contributed by atoms with van der Waals surface area (Å²) >= 11 is 0. The van der Waals surface area contributed by atoms with Crippen molar-refractivity contribution < 1.29 is 13.9 Å². The fraction of sp³-hybridized carbons (Fsp3) is 0.538.